The zero-order valence-electron chi connectivity index (χ0n) is 9.84. The molecule has 0 bridgehead atoms. The standard InChI is InChI=1S/C12H16F3NS/c1-11(2,16)8-17-7-9-3-5-10(6-4-9)12(13,14)15/h3-6H,7-8,16H2,1-2H3. The highest BCUT2D eigenvalue weighted by molar-refractivity contribution is 7.98. The van der Waals surface area contributed by atoms with Crippen molar-refractivity contribution < 1.29 is 13.2 Å². The molecule has 0 unspecified atom stereocenters. The van der Waals surface area contributed by atoms with Gasteiger partial charge in [-0.1, -0.05) is 12.1 Å². The molecule has 5 heteroatoms. The lowest BCUT2D eigenvalue weighted by Gasteiger charge is -2.17. The van der Waals surface area contributed by atoms with Gasteiger partial charge in [0.1, 0.15) is 0 Å². The molecule has 0 saturated heterocycles. The average molecular weight is 263 g/mol. The third-order valence-electron chi connectivity index (χ3n) is 2.02. The van der Waals surface area contributed by atoms with Gasteiger partial charge in [0, 0.05) is 17.0 Å². The second kappa shape index (κ2) is 5.31. The molecule has 0 atom stereocenters. The van der Waals surface area contributed by atoms with E-state index in [2.05, 4.69) is 0 Å². The Bertz CT molecular complexity index is 351. The van der Waals surface area contributed by atoms with Crippen LogP contribution < -0.4 is 5.73 Å². The van der Waals surface area contributed by atoms with Crippen molar-refractivity contribution in [2.45, 2.75) is 31.3 Å². The molecular weight excluding hydrogens is 247 g/mol. The van der Waals surface area contributed by atoms with Crippen molar-refractivity contribution in [2.75, 3.05) is 5.75 Å². The molecular formula is C12H16F3NS. The second-order valence-corrected chi connectivity index (χ2v) is 5.66. The SMILES string of the molecule is CC(C)(N)CSCc1ccc(C(F)(F)F)cc1. The van der Waals surface area contributed by atoms with E-state index in [1.54, 1.807) is 11.8 Å². The lowest BCUT2D eigenvalue weighted by molar-refractivity contribution is -0.137. The summed E-state index contributed by atoms with van der Waals surface area (Å²) in [5, 5.41) is 0. The van der Waals surface area contributed by atoms with E-state index in [4.69, 9.17) is 5.73 Å². The molecule has 0 aromatic heterocycles. The summed E-state index contributed by atoms with van der Waals surface area (Å²) in [6.45, 7) is 3.85. The summed E-state index contributed by atoms with van der Waals surface area (Å²) < 4.78 is 36.9. The van der Waals surface area contributed by atoms with E-state index in [1.165, 1.54) is 12.1 Å². The summed E-state index contributed by atoms with van der Waals surface area (Å²) in [5.74, 6) is 1.45. The van der Waals surface area contributed by atoms with Crippen molar-refractivity contribution in [3.05, 3.63) is 35.4 Å². The first kappa shape index (κ1) is 14.4. The highest BCUT2D eigenvalue weighted by atomic mass is 32.2. The molecule has 0 spiro atoms. The van der Waals surface area contributed by atoms with E-state index in [-0.39, 0.29) is 5.54 Å². The fourth-order valence-electron chi connectivity index (χ4n) is 1.22. The Morgan fingerprint density at radius 2 is 1.65 bits per heavy atom. The summed E-state index contributed by atoms with van der Waals surface area (Å²) in [5.41, 5.74) is 5.83. The number of nitrogens with two attached hydrogens (primary N) is 1. The molecule has 1 aromatic carbocycles. The van der Waals surface area contributed by atoms with E-state index in [0.717, 1.165) is 23.4 Å². The van der Waals surface area contributed by atoms with Crippen LogP contribution >= 0.6 is 11.8 Å². The van der Waals surface area contributed by atoms with Gasteiger partial charge >= 0.3 is 6.18 Å². The predicted octanol–water partition coefficient (Wildman–Crippen LogP) is 3.68. The summed E-state index contributed by atoms with van der Waals surface area (Å²) >= 11 is 1.62. The molecule has 2 N–H and O–H groups in total. The monoisotopic (exact) mass is 263 g/mol. The Kier molecular flexibility index (Phi) is 4.49. The first-order chi connectivity index (χ1) is 7.68. The highest BCUT2D eigenvalue weighted by Crippen LogP contribution is 2.29. The maximum atomic E-state index is 12.3. The van der Waals surface area contributed by atoms with Gasteiger partial charge in [0.15, 0.2) is 0 Å². The highest BCUT2D eigenvalue weighted by Gasteiger charge is 2.29. The van der Waals surface area contributed by atoms with Crippen LogP contribution in [0.15, 0.2) is 24.3 Å². The topological polar surface area (TPSA) is 26.0 Å². The van der Waals surface area contributed by atoms with Gasteiger partial charge in [-0.2, -0.15) is 24.9 Å². The van der Waals surface area contributed by atoms with E-state index >= 15 is 0 Å². The molecule has 0 fully saturated rings. The van der Waals surface area contributed by atoms with Crippen molar-refractivity contribution in [2.24, 2.45) is 5.73 Å². The number of hydrogen-bond donors (Lipinski definition) is 1. The van der Waals surface area contributed by atoms with Crippen LogP contribution in [0.2, 0.25) is 0 Å². The molecule has 0 saturated carbocycles. The summed E-state index contributed by atoms with van der Waals surface area (Å²) in [6, 6.07) is 5.26. The van der Waals surface area contributed by atoms with E-state index in [1.807, 2.05) is 13.8 Å². The first-order valence-corrected chi connectivity index (χ1v) is 6.37. The molecule has 17 heavy (non-hydrogen) atoms. The molecule has 0 aliphatic carbocycles. The van der Waals surface area contributed by atoms with Crippen LogP contribution in [0, 0.1) is 0 Å². The van der Waals surface area contributed by atoms with E-state index in [0.29, 0.717) is 5.75 Å². The lowest BCUT2D eigenvalue weighted by Crippen LogP contribution is -2.34. The zero-order chi connectivity index (χ0) is 13.1. The predicted molar refractivity (Wildman–Crippen MR) is 65.9 cm³/mol. The Labute approximate surface area is 104 Å². The Morgan fingerprint density at radius 1 is 1.12 bits per heavy atom. The van der Waals surface area contributed by atoms with Crippen molar-refractivity contribution in [3.63, 3.8) is 0 Å². The van der Waals surface area contributed by atoms with Crippen molar-refractivity contribution >= 4 is 11.8 Å². The van der Waals surface area contributed by atoms with Gasteiger partial charge in [-0.15, -0.1) is 0 Å². The summed E-state index contributed by atoms with van der Waals surface area (Å²) in [7, 11) is 0. The van der Waals surface area contributed by atoms with Crippen LogP contribution in [0.25, 0.3) is 0 Å². The molecule has 0 aliphatic heterocycles. The minimum Gasteiger partial charge on any atom is -0.325 e. The minimum absolute atomic E-state index is 0.253. The molecule has 96 valence electrons. The quantitative estimate of drug-likeness (QED) is 0.896. The van der Waals surface area contributed by atoms with E-state index < -0.39 is 11.7 Å². The molecule has 0 radical (unpaired) electrons. The third-order valence-corrected chi connectivity index (χ3v) is 3.51. The van der Waals surface area contributed by atoms with Crippen LogP contribution in [0.5, 0.6) is 0 Å². The van der Waals surface area contributed by atoms with Gasteiger partial charge in [-0.05, 0) is 31.5 Å². The van der Waals surface area contributed by atoms with Crippen molar-refractivity contribution in [3.8, 4) is 0 Å². The molecule has 1 aromatic rings. The number of benzene rings is 1. The van der Waals surface area contributed by atoms with Gasteiger partial charge < -0.3 is 5.73 Å². The van der Waals surface area contributed by atoms with Gasteiger partial charge in [-0.25, -0.2) is 0 Å². The van der Waals surface area contributed by atoms with Crippen LogP contribution in [0.3, 0.4) is 0 Å². The van der Waals surface area contributed by atoms with Gasteiger partial charge in [0.05, 0.1) is 5.56 Å². The number of thioether (sulfide) groups is 1. The number of rotatable bonds is 4. The number of halogens is 3. The minimum atomic E-state index is -4.26. The lowest BCUT2D eigenvalue weighted by atomic mass is 10.1. The fraction of sp³-hybridized carbons (Fsp3) is 0.500. The summed E-state index contributed by atoms with van der Waals surface area (Å²) in [6.07, 6.45) is -4.26. The average Bonchev–Trinajstić information content (AvgIpc) is 2.15. The van der Waals surface area contributed by atoms with Crippen LogP contribution in [-0.2, 0) is 11.9 Å². The maximum absolute atomic E-state index is 12.3. The van der Waals surface area contributed by atoms with Gasteiger partial charge in [-0.3, -0.25) is 0 Å². The largest absolute Gasteiger partial charge is 0.416 e. The Hall–Kier alpha value is -0.680. The molecule has 0 amide bonds. The van der Waals surface area contributed by atoms with Crippen molar-refractivity contribution in [1.29, 1.82) is 0 Å². The maximum Gasteiger partial charge on any atom is 0.416 e. The van der Waals surface area contributed by atoms with Gasteiger partial charge in [0.25, 0.3) is 0 Å². The third kappa shape index (κ3) is 5.46. The van der Waals surface area contributed by atoms with Crippen LogP contribution in [-0.4, -0.2) is 11.3 Å². The van der Waals surface area contributed by atoms with Gasteiger partial charge in [0.2, 0.25) is 0 Å². The van der Waals surface area contributed by atoms with E-state index in [9.17, 15) is 13.2 Å². The first-order valence-electron chi connectivity index (χ1n) is 5.21. The molecule has 1 nitrogen and oxygen atoms in total. The zero-order valence-corrected chi connectivity index (χ0v) is 10.7. The Morgan fingerprint density at radius 3 is 2.06 bits per heavy atom. The fourth-order valence-corrected chi connectivity index (χ4v) is 2.28. The number of hydrogen-bond acceptors (Lipinski definition) is 2. The molecule has 1 rings (SSSR count). The normalized spacial score (nSPS) is 12.8. The molecule has 0 aliphatic rings. The second-order valence-electron chi connectivity index (χ2n) is 4.68. The van der Waals surface area contributed by atoms with Crippen LogP contribution in [0.4, 0.5) is 13.2 Å². The smallest absolute Gasteiger partial charge is 0.325 e. The molecule has 0 heterocycles. The van der Waals surface area contributed by atoms with Crippen LogP contribution in [0.1, 0.15) is 25.0 Å². The number of alkyl halides is 3. The van der Waals surface area contributed by atoms with Crippen molar-refractivity contribution in [1.82, 2.24) is 0 Å². The summed E-state index contributed by atoms with van der Waals surface area (Å²) in [4.78, 5) is 0. The Balaban J connectivity index is 2.52.